The number of alkyl carbamates (subject to hydrolysis) is 1. The van der Waals surface area contributed by atoms with Crippen LogP contribution in [0.15, 0.2) is 72.8 Å². The molecule has 0 fully saturated rings. The van der Waals surface area contributed by atoms with Crippen molar-refractivity contribution in [2.24, 2.45) is 0 Å². The molecule has 7 heteroatoms. The van der Waals surface area contributed by atoms with E-state index in [0.29, 0.717) is 11.3 Å². The molecule has 0 saturated carbocycles. The summed E-state index contributed by atoms with van der Waals surface area (Å²) in [6.45, 7) is 0.0897. The van der Waals surface area contributed by atoms with E-state index in [0.717, 1.165) is 22.3 Å². The number of aliphatic hydroxyl groups is 1. The average molecular weight is 447 g/mol. The molecular weight excluding hydrogens is 422 g/mol. The Morgan fingerprint density at radius 2 is 1.48 bits per heavy atom. The minimum Gasteiger partial charge on any atom is -0.497 e. The maximum atomic E-state index is 12.6. The maximum Gasteiger partial charge on any atom is 0.407 e. The van der Waals surface area contributed by atoms with E-state index in [2.05, 4.69) is 5.32 Å². The van der Waals surface area contributed by atoms with Gasteiger partial charge in [0.15, 0.2) is 6.04 Å². The summed E-state index contributed by atoms with van der Waals surface area (Å²) in [5.41, 5.74) is 4.81. The van der Waals surface area contributed by atoms with Crippen LogP contribution in [0.1, 0.15) is 28.7 Å². The van der Waals surface area contributed by atoms with Gasteiger partial charge in [-0.1, -0.05) is 60.7 Å². The van der Waals surface area contributed by atoms with Crippen LogP contribution in [0.25, 0.3) is 11.1 Å². The average Bonchev–Trinajstić information content (AvgIpc) is 3.19. The topological polar surface area (TPSA) is 94.1 Å². The molecule has 0 heterocycles. The van der Waals surface area contributed by atoms with Crippen molar-refractivity contribution in [3.05, 3.63) is 89.5 Å². The first kappa shape index (κ1) is 22.4. The van der Waals surface area contributed by atoms with Crippen molar-refractivity contribution in [2.45, 2.75) is 18.1 Å². The fourth-order valence-corrected chi connectivity index (χ4v) is 4.15. The van der Waals surface area contributed by atoms with Crippen molar-refractivity contribution in [3.8, 4) is 16.9 Å². The number of hydrogen-bond acceptors (Lipinski definition) is 6. The van der Waals surface area contributed by atoms with Gasteiger partial charge in [0.25, 0.3) is 0 Å². The molecule has 4 rings (SSSR count). The van der Waals surface area contributed by atoms with Gasteiger partial charge in [-0.25, -0.2) is 9.59 Å². The molecule has 2 atom stereocenters. The molecule has 1 aliphatic carbocycles. The molecule has 2 unspecified atom stereocenters. The summed E-state index contributed by atoms with van der Waals surface area (Å²) in [5, 5.41) is 13.2. The van der Waals surface area contributed by atoms with Crippen molar-refractivity contribution >= 4 is 12.1 Å². The van der Waals surface area contributed by atoms with Crippen LogP contribution in [0.5, 0.6) is 5.75 Å². The third kappa shape index (κ3) is 4.54. The van der Waals surface area contributed by atoms with Gasteiger partial charge >= 0.3 is 12.1 Å². The van der Waals surface area contributed by atoms with Crippen LogP contribution in [-0.4, -0.2) is 44.0 Å². The number of methoxy groups -OCH3 is 2. The Morgan fingerprint density at radius 3 is 2.03 bits per heavy atom. The third-order valence-corrected chi connectivity index (χ3v) is 5.85. The molecule has 0 bridgehead atoms. The maximum absolute atomic E-state index is 12.6. The molecule has 7 nitrogen and oxygen atoms in total. The van der Waals surface area contributed by atoms with Crippen LogP contribution in [0.3, 0.4) is 0 Å². The Morgan fingerprint density at radius 1 is 0.909 bits per heavy atom. The number of aliphatic hydroxyl groups excluding tert-OH is 1. The van der Waals surface area contributed by atoms with Crippen LogP contribution in [-0.2, 0) is 14.3 Å². The monoisotopic (exact) mass is 447 g/mol. The summed E-state index contributed by atoms with van der Waals surface area (Å²) in [4.78, 5) is 24.9. The zero-order chi connectivity index (χ0) is 23.4. The van der Waals surface area contributed by atoms with Crippen molar-refractivity contribution in [1.82, 2.24) is 5.32 Å². The fourth-order valence-electron chi connectivity index (χ4n) is 4.15. The first-order chi connectivity index (χ1) is 16.0. The van der Waals surface area contributed by atoms with Gasteiger partial charge in [0.1, 0.15) is 18.5 Å². The minimum atomic E-state index is -1.33. The molecule has 33 heavy (non-hydrogen) atoms. The number of fused-ring (bicyclic) bond motifs is 3. The molecule has 2 N–H and O–H groups in total. The molecule has 1 amide bonds. The number of nitrogens with one attached hydrogen (secondary N) is 1. The fraction of sp³-hybridized carbons (Fsp3) is 0.231. The second-order valence-corrected chi connectivity index (χ2v) is 7.69. The Hall–Kier alpha value is -3.84. The number of amides is 1. The smallest absolute Gasteiger partial charge is 0.407 e. The summed E-state index contributed by atoms with van der Waals surface area (Å²) in [6, 6.07) is 21.2. The van der Waals surface area contributed by atoms with E-state index >= 15 is 0 Å². The van der Waals surface area contributed by atoms with Crippen LogP contribution in [0.2, 0.25) is 0 Å². The van der Waals surface area contributed by atoms with Gasteiger partial charge in [0, 0.05) is 5.92 Å². The zero-order valence-corrected chi connectivity index (χ0v) is 18.4. The lowest BCUT2D eigenvalue weighted by atomic mass is 9.98. The summed E-state index contributed by atoms with van der Waals surface area (Å²) in [5.74, 6) is -0.303. The minimum absolute atomic E-state index is 0.0897. The highest BCUT2D eigenvalue weighted by Crippen LogP contribution is 2.44. The van der Waals surface area contributed by atoms with Crippen molar-refractivity contribution < 1.29 is 28.9 Å². The lowest BCUT2D eigenvalue weighted by Crippen LogP contribution is -2.46. The zero-order valence-electron chi connectivity index (χ0n) is 18.4. The summed E-state index contributed by atoms with van der Waals surface area (Å²) in [7, 11) is 2.72. The highest BCUT2D eigenvalue weighted by atomic mass is 16.6. The van der Waals surface area contributed by atoms with Gasteiger partial charge in [-0.2, -0.15) is 0 Å². The van der Waals surface area contributed by atoms with Gasteiger partial charge in [-0.05, 0) is 39.9 Å². The van der Waals surface area contributed by atoms with Gasteiger partial charge in [-0.3, -0.25) is 0 Å². The second kappa shape index (κ2) is 9.75. The van der Waals surface area contributed by atoms with E-state index in [1.165, 1.54) is 14.2 Å². The molecule has 0 aromatic heterocycles. The molecule has 3 aromatic carbocycles. The number of ether oxygens (including phenoxy) is 3. The summed E-state index contributed by atoms with van der Waals surface area (Å²) >= 11 is 0. The Kier molecular flexibility index (Phi) is 6.60. The first-order valence-electron chi connectivity index (χ1n) is 10.5. The molecule has 1 aliphatic rings. The number of esters is 1. The van der Waals surface area contributed by atoms with E-state index in [-0.39, 0.29) is 12.5 Å². The largest absolute Gasteiger partial charge is 0.497 e. The summed E-state index contributed by atoms with van der Waals surface area (Å²) in [6.07, 6.45) is -2.15. The van der Waals surface area contributed by atoms with Gasteiger partial charge in [-0.15, -0.1) is 0 Å². The lowest BCUT2D eigenvalue weighted by molar-refractivity contribution is -0.146. The normalized spacial score (nSPS) is 13.9. The predicted molar refractivity (Wildman–Crippen MR) is 122 cm³/mol. The lowest BCUT2D eigenvalue weighted by Gasteiger charge is -2.23. The number of benzene rings is 3. The Balaban J connectivity index is 1.46. The number of rotatable bonds is 7. The molecule has 170 valence electrons. The highest BCUT2D eigenvalue weighted by molar-refractivity contribution is 5.82. The van der Waals surface area contributed by atoms with Crippen LogP contribution in [0, 0.1) is 0 Å². The molecule has 0 radical (unpaired) electrons. The van der Waals surface area contributed by atoms with Crippen molar-refractivity contribution in [3.63, 3.8) is 0 Å². The van der Waals surface area contributed by atoms with Gasteiger partial charge in [0.2, 0.25) is 0 Å². The molecule has 0 aliphatic heterocycles. The second-order valence-electron chi connectivity index (χ2n) is 7.69. The first-order valence-corrected chi connectivity index (χ1v) is 10.5. The van der Waals surface area contributed by atoms with E-state index in [4.69, 9.17) is 14.2 Å². The summed E-state index contributed by atoms with van der Waals surface area (Å²) < 4.78 is 15.4. The van der Waals surface area contributed by atoms with E-state index in [1.54, 1.807) is 24.3 Å². The van der Waals surface area contributed by atoms with Crippen LogP contribution >= 0.6 is 0 Å². The van der Waals surface area contributed by atoms with Crippen LogP contribution < -0.4 is 10.1 Å². The van der Waals surface area contributed by atoms with Crippen molar-refractivity contribution in [1.29, 1.82) is 0 Å². The molecule has 3 aromatic rings. The van der Waals surface area contributed by atoms with Crippen molar-refractivity contribution in [2.75, 3.05) is 20.8 Å². The Labute approximate surface area is 191 Å². The predicted octanol–water partition coefficient (Wildman–Crippen LogP) is 3.81. The molecule has 0 saturated heterocycles. The van der Waals surface area contributed by atoms with E-state index in [1.807, 2.05) is 48.5 Å². The highest BCUT2D eigenvalue weighted by Gasteiger charge is 2.33. The molecule has 0 spiro atoms. The number of hydrogen-bond donors (Lipinski definition) is 2. The number of carbonyl (C=O) groups is 2. The van der Waals surface area contributed by atoms with Gasteiger partial charge in [0.05, 0.1) is 14.2 Å². The standard InChI is InChI=1S/C26H25NO6/c1-31-17-13-11-16(12-14-17)24(28)23(25(29)32-2)27-26(30)33-15-22-20-9-5-3-7-18(20)19-8-4-6-10-21(19)22/h3-14,22-24,28H,15H2,1-2H3,(H,27,30). The van der Waals surface area contributed by atoms with Gasteiger partial charge < -0.3 is 24.6 Å². The quantitative estimate of drug-likeness (QED) is 0.535. The van der Waals surface area contributed by atoms with Crippen LogP contribution in [0.4, 0.5) is 4.79 Å². The number of carbonyl (C=O) groups excluding carboxylic acids is 2. The SMILES string of the molecule is COC(=O)C(NC(=O)OCC1c2ccccc2-c2ccccc21)C(O)c1ccc(OC)cc1. The molecular formula is C26H25NO6. The van der Waals surface area contributed by atoms with E-state index in [9.17, 15) is 14.7 Å². The Bertz CT molecular complexity index is 1100. The van der Waals surface area contributed by atoms with E-state index < -0.39 is 24.2 Å². The third-order valence-electron chi connectivity index (χ3n) is 5.85.